The quantitative estimate of drug-likeness (QED) is 0.518. The third-order valence-corrected chi connectivity index (χ3v) is 1.71. The standard InChI is InChI=1S/C7H14ClNO3/c1-5(11-3)4-12-7(10)6(2)9-8/h5-6,9H,4H2,1-3H3/t5?,6-/m0/s1. The van der Waals surface area contributed by atoms with Crippen molar-refractivity contribution in [3.05, 3.63) is 0 Å². The van der Waals surface area contributed by atoms with Crippen LogP contribution in [-0.4, -0.2) is 31.8 Å². The zero-order valence-electron chi connectivity index (χ0n) is 7.46. The van der Waals surface area contributed by atoms with E-state index in [-0.39, 0.29) is 18.7 Å². The molecule has 0 bridgehead atoms. The molecule has 4 nitrogen and oxygen atoms in total. The van der Waals surface area contributed by atoms with Crippen LogP contribution in [0.1, 0.15) is 13.8 Å². The van der Waals surface area contributed by atoms with Crippen LogP contribution in [0, 0.1) is 0 Å². The maximum Gasteiger partial charge on any atom is 0.324 e. The molecule has 0 aromatic rings. The maximum absolute atomic E-state index is 11.0. The summed E-state index contributed by atoms with van der Waals surface area (Å²) >= 11 is 5.21. The Hall–Kier alpha value is -0.320. The smallest absolute Gasteiger partial charge is 0.324 e. The lowest BCUT2D eigenvalue weighted by molar-refractivity contribution is -0.148. The third-order valence-electron chi connectivity index (χ3n) is 1.38. The Kier molecular flexibility index (Phi) is 6.06. The first-order chi connectivity index (χ1) is 5.61. The van der Waals surface area contributed by atoms with Gasteiger partial charge < -0.3 is 9.47 Å². The van der Waals surface area contributed by atoms with E-state index in [0.717, 1.165) is 0 Å². The van der Waals surface area contributed by atoms with Crippen molar-refractivity contribution in [1.82, 2.24) is 4.84 Å². The number of carbonyl (C=O) groups excluding carboxylic acids is 1. The van der Waals surface area contributed by atoms with Crippen LogP contribution in [0.25, 0.3) is 0 Å². The van der Waals surface area contributed by atoms with E-state index in [0.29, 0.717) is 0 Å². The lowest BCUT2D eigenvalue weighted by Gasteiger charge is -2.12. The molecule has 1 unspecified atom stereocenters. The molecule has 0 fully saturated rings. The zero-order valence-corrected chi connectivity index (χ0v) is 8.22. The molecule has 5 heteroatoms. The first-order valence-electron chi connectivity index (χ1n) is 3.67. The van der Waals surface area contributed by atoms with E-state index in [2.05, 4.69) is 4.84 Å². The summed E-state index contributed by atoms with van der Waals surface area (Å²) in [6.45, 7) is 3.68. The fraction of sp³-hybridized carbons (Fsp3) is 0.857. The van der Waals surface area contributed by atoms with E-state index in [4.69, 9.17) is 21.3 Å². The summed E-state index contributed by atoms with van der Waals surface area (Å²) in [6, 6.07) is -0.490. The van der Waals surface area contributed by atoms with Crippen molar-refractivity contribution in [2.45, 2.75) is 26.0 Å². The molecule has 0 saturated heterocycles. The number of hydrogen-bond acceptors (Lipinski definition) is 4. The number of methoxy groups -OCH3 is 1. The number of nitrogens with one attached hydrogen (secondary N) is 1. The molecule has 0 aromatic carbocycles. The molecule has 0 aliphatic carbocycles. The molecule has 0 rings (SSSR count). The lowest BCUT2D eigenvalue weighted by Crippen LogP contribution is -2.31. The van der Waals surface area contributed by atoms with Gasteiger partial charge in [-0.25, -0.2) is 4.84 Å². The Morgan fingerprint density at radius 2 is 2.17 bits per heavy atom. The summed E-state index contributed by atoms with van der Waals surface area (Å²) in [7, 11) is 1.56. The molecule has 12 heavy (non-hydrogen) atoms. The molecular weight excluding hydrogens is 182 g/mol. The minimum atomic E-state index is -0.490. The highest BCUT2D eigenvalue weighted by atomic mass is 35.5. The van der Waals surface area contributed by atoms with Crippen molar-refractivity contribution in [1.29, 1.82) is 0 Å². The van der Waals surface area contributed by atoms with Gasteiger partial charge in [-0.1, -0.05) is 0 Å². The van der Waals surface area contributed by atoms with E-state index < -0.39 is 6.04 Å². The van der Waals surface area contributed by atoms with E-state index >= 15 is 0 Å². The molecule has 0 amide bonds. The van der Waals surface area contributed by atoms with Crippen LogP contribution in [0.15, 0.2) is 0 Å². The number of hydrogen-bond donors (Lipinski definition) is 1. The Morgan fingerprint density at radius 1 is 1.58 bits per heavy atom. The SMILES string of the molecule is COC(C)COC(=O)[C@H](C)NCl. The molecule has 0 saturated carbocycles. The Morgan fingerprint density at radius 3 is 2.58 bits per heavy atom. The molecule has 0 spiro atoms. The van der Waals surface area contributed by atoms with Crippen LogP contribution in [0.2, 0.25) is 0 Å². The number of esters is 1. The average Bonchev–Trinajstić information content (AvgIpc) is 2.11. The van der Waals surface area contributed by atoms with Crippen molar-refractivity contribution in [3.63, 3.8) is 0 Å². The van der Waals surface area contributed by atoms with Crippen LogP contribution in [0.3, 0.4) is 0 Å². The Labute approximate surface area is 77.3 Å². The first-order valence-corrected chi connectivity index (χ1v) is 4.05. The number of ether oxygens (including phenoxy) is 2. The van der Waals surface area contributed by atoms with E-state index in [9.17, 15) is 4.79 Å². The highest BCUT2D eigenvalue weighted by Crippen LogP contribution is 1.93. The predicted molar refractivity (Wildman–Crippen MR) is 45.9 cm³/mol. The monoisotopic (exact) mass is 195 g/mol. The molecule has 1 N–H and O–H groups in total. The average molecular weight is 196 g/mol. The van der Waals surface area contributed by atoms with Gasteiger partial charge in [0, 0.05) is 7.11 Å². The first kappa shape index (κ1) is 11.7. The van der Waals surface area contributed by atoms with Gasteiger partial charge in [-0.05, 0) is 25.6 Å². The van der Waals surface area contributed by atoms with Crippen LogP contribution >= 0.6 is 11.8 Å². The normalized spacial score (nSPS) is 15.3. The van der Waals surface area contributed by atoms with Gasteiger partial charge in [0.25, 0.3) is 0 Å². The third kappa shape index (κ3) is 4.54. The van der Waals surface area contributed by atoms with Crippen LogP contribution in [0.4, 0.5) is 0 Å². The summed E-state index contributed by atoms with van der Waals surface area (Å²) < 4.78 is 9.72. The summed E-state index contributed by atoms with van der Waals surface area (Å²) in [5.41, 5.74) is 0. The van der Waals surface area contributed by atoms with E-state index in [1.807, 2.05) is 6.92 Å². The molecule has 72 valence electrons. The maximum atomic E-state index is 11.0. The molecule has 0 aromatic heterocycles. The molecule has 0 aliphatic rings. The van der Waals surface area contributed by atoms with Gasteiger partial charge in [-0.15, -0.1) is 0 Å². The molecule has 0 aliphatic heterocycles. The number of halogens is 1. The van der Waals surface area contributed by atoms with Crippen molar-refractivity contribution in [2.75, 3.05) is 13.7 Å². The summed E-state index contributed by atoms with van der Waals surface area (Å²) in [5.74, 6) is -0.381. The second-order valence-electron chi connectivity index (χ2n) is 2.51. The van der Waals surface area contributed by atoms with Gasteiger partial charge in [0.05, 0.1) is 6.10 Å². The highest BCUT2D eigenvalue weighted by molar-refractivity contribution is 6.14. The Balaban J connectivity index is 3.56. The van der Waals surface area contributed by atoms with Crippen molar-refractivity contribution in [2.24, 2.45) is 0 Å². The fourth-order valence-corrected chi connectivity index (χ4v) is 0.526. The van der Waals surface area contributed by atoms with E-state index in [1.165, 1.54) is 0 Å². The minimum Gasteiger partial charge on any atom is -0.462 e. The summed E-state index contributed by atoms with van der Waals surface area (Å²) in [6.07, 6.45) is -0.0866. The van der Waals surface area contributed by atoms with Crippen LogP contribution in [-0.2, 0) is 14.3 Å². The fourth-order valence-electron chi connectivity index (χ4n) is 0.437. The van der Waals surface area contributed by atoms with Crippen molar-refractivity contribution < 1.29 is 14.3 Å². The van der Waals surface area contributed by atoms with Gasteiger partial charge in [0.15, 0.2) is 0 Å². The molecule has 0 radical (unpaired) electrons. The highest BCUT2D eigenvalue weighted by Gasteiger charge is 2.13. The second kappa shape index (κ2) is 6.22. The molecule has 0 heterocycles. The molecular formula is C7H14ClNO3. The topological polar surface area (TPSA) is 47.6 Å². The second-order valence-corrected chi connectivity index (χ2v) is 2.73. The van der Waals surface area contributed by atoms with Gasteiger partial charge in [-0.3, -0.25) is 4.79 Å². The van der Waals surface area contributed by atoms with Crippen molar-refractivity contribution in [3.8, 4) is 0 Å². The number of rotatable bonds is 5. The minimum absolute atomic E-state index is 0.0866. The summed E-state index contributed by atoms with van der Waals surface area (Å²) in [5, 5.41) is 0. The lowest BCUT2D eigenvalue weighted by atomic mass is 10.4. The largest absolute Gasteiger partial charge is 0.462 e. The number of carbonyl (C=O) groups is 1. The van der Waals surface area contributed by atoms with Crippen LogP contribution in [0.5, 0.6) is 0 Å². The predicted octanol–water partition coefficient (Wildman–Crippen LogP) is 0.696. The van der Waals surface area contributed by atoms with Crippen LogP contribution < -0.4 is 4.84 Å². The van der Waals surface area contributed by atoms with Gasteiger partial charge in [0.2, 0.25) is 0 Å². The van der Waals surface area contributed by atoms with Gasteiger partial charge >= 0.3 is 5.97 Å². The van der Waals surface area contributed by atoms with Gasteiger partial charge in [-0.2, -0.15) is 0 Å². The van der Waals surface area contributed by atoms with E-state index in [1.54, 1.807) is 14.0 Å². The summed E-state index contributed by atoms with van der Waals surface area (Å²) in [4.78, 5) is 13.2. The van der Waals surface area contributed by atoms with Gasteiger partial charge in [0.1, 0.15) is 12.6 Å². The molecule has 2 atom stereocenters. The van der Waals surface area contributed by atoms with Crippen molar-refractivity contribution >= 4 is 17.7 Å². The Bertz CT molecular complexity index is 143. The zero-order chi connectivity index (χ0) is 9.56.